The Morgan fingerprint density at radius 2 is 1.91 bits per heavy atom. The summed E-state index contributed by atoms with van der Waals surface area (Å²) in [4.78, 5) is 35.3. The second-order valence-electron chi connectivity index (χ2n) is 9.08. The molecule has 3 aromatic rings. The quantitative estimate of drug-likeness (QED) is 0.504. The molecule has 0 spiro atoms. The minimum absolute atomic E-state index is 0.332. The highest BCUT2D eigenvalue weighted by atomic mass is 16.2. The minimum Gasteiger partial charge on any atom is -0.299 e. The number of aromatic nitrogens is 2. The Bertz CT molecular complexity index is 1440. The molecule has 0 bridgehead atoms. The lowest BCUT2D eigenvalue weighted by molar-refractivity contribution is -0.123. The van der Waals surface area contributed by atoms with Gasteiger partial charge in [0.25, 0.3) is 11.8 Å². The van der Waals surface area contributed by atoms with Crippen LogP contribution in [0.15, 0.2) is 65.6 Å². The van der Waals surface area contributed by atoms with Crippen LogP contribution in [0.2, 0.25) is 0 Å². The standard InChI is InChI=1S/C26H23N5O2/c1-16(2)31-12-9-17-6-5-7-18(24(17)31)19(14-27-10-13-31)22-23(26(33)29-25(22)32)20-15-28-21-8-3-4-11-30(20)21/h3-8,10-11,14-16H,9,12-13H2,1-2H3/p+1. The van der Waals surface area contributed by atoms with Gasteiger partial charge >= 0.3 is 0 Å². The van der Waals surface area contributed by atoms with E-state index in [1.165, 1.54) is 11.3 Å². The Morgan fingerprint density at radius 3 is 2.76 bits per heavy atom. The highest BCUT2D eigenvalue weighted by molar-refractivity contribution is 6.40. The fourth-order valence-corrected chi connectivity index (χ4v) is 5.54. The topological polar surface area (TPSA) is 75.8 Å². The molecular formula is C26H24N5O2+. The fraction of sp³-hybridized carbons (Fsp3) is 0.231. The summed E-state index contributed by atoms with van der Waals surface area (Å²) in [6.45, 7) is 6.27. The number of hydrogen-bond acceptors (Lipinski definition) is 4. The van der Waals surface area contributed by atoms with Crippen molar-refractivity contribution in [1.29, 1.82) is 0 Å². The number of aliphatic imine (C=N–C) groups is 1. The van der Waals surface area contributed by atoms with Crippen molar-refractivity contribution in [2.24, 2.45) is 4.99 Å². The van der Waals surface area contributed by atoms with Gasteiger partial charge in [-0.3, -0.25) is 28.8 Å². The maximum atomic E-state index is 13.2. The number of nitrogens with zero attached hydrogens (tertiary/aromatic N) is 4. The Balaban J connectivity index is 1.65. The molecule has 0 saturated heterocycles. The van der Waals surface area contributed by atoms with Crippen LogP contribution in [0.3, 0.4) is 0 Å². The van der Waals surface area contributed by atoms with Crippen LogP contribution in [0.1, 0.15) is 30.7 Å². The number of quaternary nitrogens is 1. The highest BCUT2D eigenvalue weighted by Gasteiger charge is 2.45. The van der Waals surface area contributed by atoms with Gasteiger partial charge in [-0.2, -0.15) is 0 Å². The summed E-state index contributed by atoms with van der Waals surface area (Å²) < 4.78 is 2.63. The number of carbonyl (C=O) groups excluding carboxylic acids is 2. The molecule has 33 heavy (non-hydrogen) atoms. The number of imidazole rings is 1. The van der Waals surface area contributed by atoms with Crippen LogP contribution in [-0.2, 0) is 16.0 Å². The van der Waals surface area contributed by atoms with Crippen LogP contribution < -0.4 is 9.80 Å². The van der Waals surface area contributed by atoms with Crippen LogP contribution in [-0.4, -0.2) is 46.5 Å². The fourth-order valence-electron chi connectivity index (χ4n) is 5.54. The third-order valence-corrected chi connectivity index (χ3v) is 7.21. The molecule has 3 aliphatic rings. The molecule has 0 radical (unpaired) electrons. The van der Waals surface area contributed by atoms with Gasteiger partial charge in [0.2, 0.25) is 0 Å². The number of benzene rings is 1. The van der Waals surface area contributed by atoms with Crippen molar-refractivity contribution in [3.05, 3.63) is 77.4 Å². The van der Waals surface area contributed by atoms with Gasteiger partial charge in [0, 0.05) is 35.5 Å². The molecule has 7 heteroatoms. The lowest BCUT2D eigenvalue weighted by atomic mass is 9.91. The zero-order valence-corrected chi connectivity index (χ0v) is 18.6. The lowest BCUT2D eigenvalue weighted by Gasteiger charge is -2.39. The molecule has 6 rings (SSSR count). The van der Waals surface area contributed by atoms with E-state index in [-0.39, 0.29) is 0 Å². The van der Waals surface area contributed by atoms with Gasteiger partial charge in [-0.25, -0.2) is 4.98 Å². The zero-order chi connectivity index (χ0) is 22.7. The number of imide groups is 1. The smallest absolute Gasteiger partial charge is 0.261 e. The Kier molecular flexibility index (Phi) is 4.25. The van der Waals surface area contributed by atoms with Crippen molar-refractivity contribution in [2.75, 3.05) is 13.1 Å². The Hall–Kier alpha value is -3.84. The third kappa shape index (κ3) is 2.72. The predicted molar refractivity (Wildman–Crippen MR) is 129 cm³/mol. The summed E-state index contributed by atoms with van der Waals surface area (Å²) in [6, 6.07) is 12.3. The molecule has 1 unspecified atom stereocenters. The number of nitrogens with one attached hydrogen (secondary N) is 1. The van der Waals surface area contributed by atoms with E-state index in [0.29, 0.717) is 34.1 Å². The molecule has 7 nitrogen and oxygen atoms in total. The molecule has 1 aromatic carbocycles. The Morgan fingerprint density at radius 1 is 1.06 bits per heavy atom. The molecule has 1 atom stereocenters. The predicted octanol–water partition coefficient (Wildman–Crippen LogP) is 3.14. The molecule has 0 saturated carbocycles. The summed E-state index contributed by atoms with van der Waals surface area (Å²) >= 11 is 0. The summed E-state index contributed by atoms with van der Waals surface area (Å²) in [5, 5.41) is 2.52. The zero-order valence-electron chi connectivity index (χ0n) is 18.6. The van der Waals surface area contributed by atoms with Gasteiger partial charge < -0.3 is 0 Å². The van der Waals surface area contributed by atoms with Crippen molar-refractivity contribution >= 4 is 40.5 Å². The number of hydrogen-bond donors (Lipinski definition) is 1. The number of para-hydroxylation sites is 1. The van der Waals surface area contributed by atoms with E-state index in [1.54, 1.807) is 12.4 Å². The molecule has 5 heterocycles. The maximum Gasteiger partial charge on any atom is 0.261 e. The molecule has 0 fully saturated rings. The summed E-state index contributed by atoms with van der Waals surface area (Å²) in [6.07, 6.45) is 8.16. The van der Waals surface area contributed by atoms with Crippen molar-refractivity contribution < 1.29 is 9.59 Å². The summed E-state index contributed by atoms with van der Waals surface area (Å²) in [7, 11) is 0. The average Bonchev–Trinajstić information content (AvgIpc) is 3.46. The first kappa shape index (κ1) is 19.8. The molecule has 0 aliphatic carbocycles. The number of carbonyl (C=O) groups is 2. The normalized spacial score (nSPS) is 22.0. The van der Waals surface area contributed by atoms with E-state index in [2.05, 4.69) is 41.3 Å². The van der Waals surface area contributed by atoms with Crippen LogP contribution in [0.25, 0.3) is 16.8 Å². The molecule has 164 valence electrons. The van der Waals surface area contributed by atoms with Crippen molar-refractivity contribution in [3.8, 4) is 0 Å². The Labute approximate surface area is 191 Å². The molecular weight excluding hydrogens is 414 g/mol. The van der Waals surface area contributed by atoms with E-state index in [1.807, 2.05) is 41.1 Å². The molecule has 2 amide bonds. The molecule has 1 N–H and O–H groups in total. The van der Waals surface area contributed by atoms with Gasteiger partial charge in [-0.05, 0) is 32.0 Å². The maximum absolute atomic E-state index is 13.2. The average molecular weight is 439 g/mol. The minimum atomic E-state index is -0.412. The van der Waals surface area contributed by atoms with Crippen molar-refractivity contribution in [1.82, 2.24) is 19.2 Å². The van der Waals surface area contributed by atoms with Crippen LogP contribution in [0, 0.1) is 0 Å². The molecule has 3 aliphatic heterocycles. The van der Waals surface area contributed by atoms with Gasteiger partial charge in [0.05, 0.1) is 41.8 Å². The number of rotatable bonds is 3. The third-order valence-electron chi connectivity index (χ3n) is 7.21. The van der Waals surface area contributed by atoms with E-state index in [9.17, 15) is 9.59 Å². The summed E-state index contributed by atoms with van der Waals surface area (Å²) in [5.41, 5.74) is 6.18. The van der Waals surface area contributed by atoms with E-state index in [4.69, 9.17) is 0 Å². The van der Waals surface area contributed by atoms with Gasteiger partial charge in [-0.15, -0.1) is 0 Å². The van der Waals surface area contributed by atoms with Crippen LogP contribution in [0.4, 0.5) is 5.69 Å². The van der Waals surface area contributed by atoms with E-state index in [0.717, 1.165) is 29.6 Å². The number of fused-ring (bicyclic) bond motifs is 1. The summed E-state index contributed by atoms with van der Waals surface area (Å²) in [5.74, 6) is -0.814. The van der Waals surface area contributed by atoms with E-state index >= 15 is 0 Å². The first-order valence-corrected chi connectivity index (χ1v) is 11.3. The SMILES string of the molecule is CC(C)[N+]12CC=NC=C(C3=C(c4cnc5ccccn45)C(=O)NC3=O)c3cccc(c31)CC2. The van der Waals surface area contributed by atoms with Crippen LogP contribution in [0.5, 0.6) is 0 Å². The highest BCUT2D eigenvalue weighted by Crippen LogP contribution is 2.46. The molecule has 2 aromatic heterocycles. The second kappa shape index (κ2) is 7.08. The second-order valence-corrected chi connectivity index (χ2v) is 9.08. The van der Waals surface area contributed by atoms with Crippen LogP contribution >= 0.6 is 0 Å². The first-order valence-electron chi connectivity index (χ1n) is 11.3. The number of amides is 2. The lowest BCUT2D eigenvalue weighted by Crippen LogP contribution is -2.54. The van der Waals surface area contributed by atoms with Gasteiger partial charge in [0.15, 0.2) is 0 Å². The largest absolute Gasteiger partial charge is 0.299 e. The van der Waals surface area contributed by atoms with Gasteiger partial charge in [0.1, 0.15) is 17.9 Å². The first-order chi connectivity index (χ1) is 16.0. The van der Waals surface area contributed by atoms with Crippen molar-refractivity contribution in [3.63, 3.8) is 0 Å². The van der Waals surface area contributed by atoms with Crippen molar-refractivity contribution in [2.45, 2.75) is 26.3 Å². The number of pyridine rings is 1. The monoisotopic (exact) mass is 438 g/mol. The van der Waals surface area contributed by atoms with E-state index < -0.39 is 11.8 Å². The van der Waals surface area contributed by atoms with Gasteiger partial charge in [-0.1, -0.05) is 18.2 Å².